The zero-order valence-corrected chi connectivity index (χ0v) is 11.9. The van der Waals surface area contributed by atoms with Gasteiger partial charge in [-0.3, -0.25) is 4.79 Å². The van der Waals surface area contributed by atoms with E-state index in [1.807, 2.05) is 32.9 Å². The first-order chi connectivity index (χ1) is 9.51. The van der Waals surface area contributed by atoms with Crippen molar-refractivity contribution >= 4 is 11.6 Å². The molecule has 0 unspecified atom stereocenters. The van der Waals surface area contributed by atoms with Crippen molar-refractivity contribution in [3.63, 3.8) is 0 Å². The summed E-state index contributed by atoms with van der Waals surface area (Å²) >= 11 is 0. The van der Waals surface area contributed by atoms with Gasteiger partial charge in [0.2, 0.25) is 5.89 Å². The fourth-order valence-electron chi connectivity index (χ4n) is 1.65. The molecule has 6 nitrogen and oxygen atoms in total. The van der Waals surface area contributed by atoms with Crippen LogP contribution in [0.1, 0.15) is 41.9 Å². The van der Waals surface area contributed by atoms with Crippen molar-refractivity contribution in [1.29, 1.82) is 0 Å². The highest BCUT2D eigenvalue weighted by molar-refractivity contribution is 6.01. The largest absolute Gasteiger partial charge is 0.495 e. The van der Waals surface area contributed by atoms with Crippen molar-refractivity contribution in [2.24, 2.45) is 0 Å². The lowest BCUT2D eigenvalue weighted by atomic mass is 10.2. The predicted octanol–water partition coefficient (Wildman–Crippen LogP) is 2.76. The molecule has 1 amide bonds. The molecule has 1 aromatic heterocycles. The Morgan fingerprint density at radius 1 is 1.35 bits per heavy atom. The van der Waals surface area contributed by atoms with Gasteiger partial charge in [0, 0.05) is 5.92 Å². The van der Waals surface area contributed by atoms with Gasteiger partial charge in [0.05, 0.1) is 12.8 Å². The van der Waals surface area contributed by atoms with Crippen LogP contribution in [0.25, 0.3) is 0 Å². The van der Waals surface area contributed by atoms with Crippen LogP contribution in [0.2, 0.25) is 0 Å². The van der Waals surface area contributed by atoms with E-state index < -0.39 is 5.91 Å². The maximum Gasteiger partial charge on any atom is 0.313 e. The van der Waals surface area contributed by atoms with E-state index in [0.29, 0.717) is 17.3 Å². The van der Waals surface area contributed by atoms with Crippen LogP contribution in [0.15, 0.2) is 22.6 Å². The maximum atomic E-state index is 12.1. The average Bonchev–Trinajstić information content (AvgIpc) is 2.89. The lowest BCUT2D eigenvalue weighted by Crippen LogP contribution is -2.13. The van der Waals surface area contributed by atoms with Crippen LogP contribution >= 0.6 is 0 Å². The fourth-order valence-corrected chi connectivity index (χ4v) is 1.65. The van der Waals surface area contributed by atoms with E-state index in [4.69, 9.17) is 9.15 Å². The molecule has 0 bridgehead atoms. The second-order valence-electron chi connectivity index (χ2n) is 4.76. The zero-order valence-electron chi connectivity index (χ0n) is 11.9. The Morgan fingerprint density at radius 3 is 2.70 bits per heavy atom. The Hall–Kier alpha value is -2.37. The van der Waals surface area contributed by atoms with Gasteiger partial charge in [-0.05, 0) is 24.6 Å². The molecule has 6 heteroatoms. The molecule has 0 saturated heterocycles. The van der Waals surface area contributed by atoms with Crippen LogP contribution in [-0.2, 0) is 0 Å². The number of anilines is 1. The third-order valence-electron chi connectivity index (χ3n) is 2.73. The number of nitrogens with zero attached hydrogens (tertiary/aromatic N) is 2. The summed E-state index contributed by atoms with van der Waals surface area (Å²) in [5.74, 6) is 0.585. The average molecular weight is 275 g/mol. The molecule has 0 spiro atoms. The highest BCUT2D eigenvalue weighted by atomic mass is 16.5. The van der Waals surface area contributed by atoms with Gasteiger partial charge < -0.3 is 14.5 Å². The number of ether oxygens (including phenoxy) is 1. The zero-order chi connectivity index (χ0) is 14.7. The number of hydrogen-bond donors (Lipinski definition) is 1. The molecule has 2 aromatic rings. The molecule has 0 fully saturated rings. The molecule has 0 aliphatic carbocycles. The van der Waals surface area contributed by atoms with Crippen molar-refractivity contribution in [3.8, 4) is 5.75 Å². The Morgan fingerprint density at radius 2 is 2.10 bits per heavy atom. The summed E-state index contributed by atoms with van der Waals surface area (Å²) in [4.78, 5) is 12.1. The third kappa shape index (κ3) is 2.96. The van der Waals surface area contributed by atoms with Crippen molar-refractivity contribution in [2.45, 2.75) is 26.7 Å². The van der Waals surface area contributed by atoms with Crippen molar-refractivity contribution < 1.29 is 13.9 Å². The van der Waals surface area contributed by atoms with Gasteiger partial charge in [-0.1, -0.05) is 19.9 Å². The standard InChI is InChI=1S/C14H17N3O3/c1-8(2)13-16-17-14(20-13)12(18)15-10-7-9(3)5-6-11(10)19-4/h5-8H,1-4H3,(H,15,18). The molecule has 0 atom stereocenters. The number of nitrogens with one attached hydrogen (secondary N) is 1. The Labute approximate surface area is 117 Å². The SMILES string of the molecule is COc1ccc(C)cc1NC(=O)c1nnc(C(C)C)o1. The quantitative estimate of drug-likeness (QED) is 0.928. The molecule has 1 heterocycles. The summed E-state index contributed by atoms with van der Waals surface area (Å²) < 4.78 is 10.5. The molecule has 0 saturated carbocycles. The molecular formula is C14H17N3O3. The van der Waals surface area contributed by atoms with E-state index in [2.05, 4.69) is 15.5 Å². The first-order valence-corrected chi connectivity index (χ1v) is 6.30. The van der Waals surface area contributed by atoms with Gasteiger partial charge in [0.15, 0.2) is 0 Å². The molecule has 0 radical (unpaired) electrons. The van der Waals surface area contributed by atoms with Gasteiger partial charge in [0.1, 0.15) is 5.75 Å². The Balaban J connectivity index is 2.20. The lowest BCUT2D eigenvalue weighted by Gasteiger charge is -2.09. The molecule has 20 heavy (non-hydrogen) atoms. The fraction of sp³-hybridized carbons (Fsp3) is 0.357. The van der Waals surface area contributed by atoms with Crippen LogP contribution in [0.4, 0.5) is 5.69 Å². The number of carbonyl (C=O) groups is 1. The highest BCUT2D eigenvalue weighted by Gasteiger charge is 2.18. The van der Waals surface area contributed by atoms with Crippen LogP contribution in [-0.4, -0.2) is 23.2 Å². The number of aryl methyl sites for hydroxylation is 1. The molecular weight excluding hydrogens is 258 g/mol. The predicted molar refractivity (Wildman–Crippen MR) is 74.1 cm³/mol. The van der Waals surface area contributed by atoms with Crippen LogP contribution in [0.5, 0.6) is 5.75 Å². The number of methoxy groups -OCH3 is 1. The number of aromatic nitrogens is 2. The summed E-state index contributed by atoms with van der Waals surface area (Å²) in [5, 5.41) is 10.3. The van der Waals surface area contributed by atoms with E-state index in [1.54, 1.807) is 13.2 Å². The minimum absolute atomic E-state index is 0.0581. The summed E-state index contributed by atoms with van der Waals surface area (Å²) in [7, 11) is 1.55. The summed E-state index contributed by atoms with van der Waals surface area (Å²) in [6.45, 7) is 5.76. The monoisotopic (exact) mass is 275 g/mol. The minimum atomic E-state index is -0.451. The number of amides is 1. The van der Waals surface area contributed by atoms with E-state index in [9.17, 15) is 4.79 Å². The minimum Gasteiger partial charge on any atom is -0.495 e. The van der Waals surface area contributed by atoms with Gasteiger partial charge >= 0.3 is 11.8 Å². The van der Waals surface area contributed by atoms with Crippen molar-refractivity contribution in [3.05, 3.63) is 35.5 Å². The normalized spacial score (nSPS) is 10.7. The van der Waals surface area contributed by atoms with E-state index in [1.165, 1.54) is 0 Å². The van der Waals surface area contributed by atoms with Gasteiger partial charge in [-0.2, -0.15) is 0 Å². The lowest BCUT2D eigenvalue weighted by molar-refractivity contribution is 0.0987. The first kappa shape index (κ1) is 14.0. The van der Waals surface area contributed by atoms with Crippen molar-refractivity contribution in [2.75, 3.05) is 12.4 Å². The number of hydrogen-bond acceptors (Lipinski definition) is 5. The molecule has 106 valence electrons. The van der Waals surface area contributed by atoms with E-state index >= 15 is 0 Å². The molecule has 0 aliphatic heterocycles. The Bertz CT molecular complexity index is 620. The molecule has 1 N–H and O–H groups in total. The van der Waals surface area contributed by atoms with Crippen LogP contribution < -0.4 is 10.1 Å². The second-order valence-corrected chi connectivity index (χ2v) is 4.76. The molecule has 2 rings (SSSR count). The van der Waals surface area contributed by atoms with Crippen molar-refractivity contribution in [1.82, 2.24) is 10.2 Å². The van der Waals surface area contributed by atoms with Gasteiger partial charge in [-0.15, -0.1) is 10.2 Å². The summed E-state index contributed by atoms with van der Waals surface area (Å²) in [6.07, 6.45) is 0. The van der Waals surface area contributed by atoms with E-state index in [0.717, 1.165) is 5.56 Å². The molecule has 0 aliphatic rings. The van der Waals surface area contributed by atoms with E-state index in [-0.39, 0.29) is 11.8 Å². The summed E-state index contributed by atoms with van der Waals surface area (Å²) in [5.41, 5.74) is 1.58. The smallest absolute Gasteiger partial charge is 0.313 e. The second kappa shape index (κ2) is 5.73. The van der Waals surface area contributed by atoms with Crippen LogP contribution in [0, 0.1) is 6.92 Å². The maximum absolute atomic E-state index is 12.1. The number of rotatable bonds is 4. The number of carbonyl (C=O) groups excluding carboxylic acids is 1. The highest BCUT2D eigenvalue weighted by Crippen LogP contribution is 2.25. The topological polar surface area (TPSA) is 77.2 Å². The molecule has 1 aromatic carbocycles. The first-order valence-electron chi connectivity index (χ1n) is 6.30. The van der Waals surface area contributed by atoms with Crippen LogP contribution in [0.3, 0.4) is 0 Å². The summed E-state index contributed by atoms with van der Waals surface area (Å²) in [6, 6.07) is 5.51. The van der Waals surface area contributed by atoms with Gasteiger partial charge in [-0.25, -0.2) is 0 Å². The third-order valence-corrected chi connectivity index (χ3v) is 2.73. The van der Waals surface area contributed by atoms with Gasteiger partial charge in [0.25, 0.3) is 0 Å². The Kier molecular flexibility index (Phi) is 4.02. The number of benzene rings is 1.